The van der Waals surface area contributed by atoms with E-state index in [1.54, 1.807) is 47.4 Å². The predicted molar refractivity (Wildman–Crippen MR) is 95.1 cm³/mol. The van der Waals surface area contributed by atoms with E-state index in [-0.39, 0.29) is 17.2 Å². The van der Waals surface area contributed by atoms with Gasteiger partial charge in [0.1, 0.15) is 5.75 Å². The SMILES string of the molecule is CCOc1ccc(N2C[C@@H](NS(=O)(=O)c3ccccc3)CC2=O)cc1. The van der Waals surface area contributed by atoms with E-state index in [4.69, 9.17) is 4.74 Å². The summed E-state index contributed by atoms with van der Waals surface area (Å²) < 4.78 is 32.8. The van der Waals surface area contributed by atoms with Crippen molar-refractivity contribution in [2.45, 2.75) is 24.3 Å². The maximum atomic E-state index is 12.4. The number of carbonyl (C=O) groups is 1. The summed E-state index contributed by atoms with van der Waals surface area (Å²) in [5.74, 6) is 0.629. The van der Waals surface area contributed by atoms with E-state index >= 15 is 0 Å². The van der Waals surface area contributed by atoms with Gasteiger partial charge in [0.2, 0.25) is 15.9 Å². The number of ether oxygens (including phenoxy) is 1. The second kappa shape index (κ2) is 7.25. The Labute approximate surface area is 147 Å². The van der Waals surface area contributed by atoms with Crippen molar-refractivity contribution in [1.29, 1.82) is 0 Å². The van der Waals surface area contributed by atoms with Crippen LogP contribution in [0.1, 0.15) is 13.3 Å². The lowest BCUT2D eigenvalue weighted by Crippen LogP contribution is -2.37. The highest BCUT2D eigenvalue weighted by Crippen LogP contribution is 2.25. The summed E-state index contributed by atoms with van der Waals surface area (Å²) in [6.07, 6.45) is 0.138. The number of nitrogens with zero attached hydrogens (tertiary/aromatic N) is 1. The van der Waals surface area contributed by atoms with Gasteiger partial charge in [0.15, 0.2) is 0 Å². The second-order valence-corrected chi connectivity index (χ2v) is 7.48. The molecule has 0 radical (unpaired) electrons. The van der Waals surface area contributed by atoms with E-state index < -0.39 is 16.1 Å². The van der Waals surface area contributed by atoms with Gasteiger partial charge in [-0.15, -0.1) is 0 Å². The number of hydrogen-bond acceptors (Lipinski definition) is 4. The minimum absolute atomic E-state index is 0.107. The zero-order chi connectivity index (χ0) is 17.9. The van der Waals surface area contributed by atoms with Crippen molar-refractivity contribution in [3.63, 3.8) is 0 Å². The van der Waals surface area contributed by atoms with Gasteiger partial charge in [-0.1, -0.05) is 18.2 Å². The molecule has 0 aromatic heterocycles. The molecule has 25 heavy (non-hydrogen) atoms. The minimum Gasteiger partial charge on any atom is -0.494 e. The molecule has 6 nitrogen and oxygen atoms in total. The molecule has 0 aliphatic carbocycles. The number of carbonyl (C=O) groups excluding carboxylic acids is 1. The van der Waals surface area contributed by atoms with Crippen LogP contribution >= 0.6 is 0 Å². The molecule has 1 saturated heterocycles. The van der Waals surface area contributed by atoms with Crippen LogP contribution in [0.5, 0.6) is 5.75 Å². The van der Waals surface area contributed by atoms with Crippen molar-refractivity contribution in [2.24, 2.45) is 0 Å². The van der Waals surface area contributed by atoms with Crippen molar-refractivity contribution in [1.82, 2.24) is 4.72 Å². The van der Waals surface area contributed by atoms with E-state index in [0.29, 0.717) is 13.2 Å². The lowest BCUT2D eigenvalue weighted by atomic mass is 10.3. The lowest BCUT2D eigenvalue weighted by molar-refractivity contribution is -0.117. The van der Waals surface area contributed by atoms with Crippen molar-refractivity contribution in [3.05, 3.63) is 54.6 Å². The number of rotatable bonds is 6. The number of amides is 1. The van der Waals surface area contributed by atoms with E-state index in [0.717, 1.165) is 11.4 Å². The van der Waals surface area contributed by atoms with E-state index in [9.17, 15) is 13.2 Å². The molecule has 1 aliphatic heterocycles. The highest BCUT2D eigenvalue weighted by Gasteiger charge is 2.33. The van der Waals surface area contributed by atoms with Crippen LogP contribution in [-0.2, 0) is 14.8 Å². The van der Waals surface area contributed by atoms with Crippen LogP contribution in [-0.4, -0.2) is 33.5 Å². The Morgan fingerprint density at radius 3 is 2.44 bits per heavy atom. The molecule has 7 heteroatoms. The van der Waals surface area contributed by atoms with Crippen LogP contribution in [0.15, 0.2) is 59.5 Å². The monoisotopic (exact) mass is 360 g/mol. The van der Waals surface area contributed by atoms with Crippen LogP contribution in [0.2, 0.25) is 0 Å². The van der Waals surface area contributed by atoms with Crippen molar-refractivity contribution < 1.29 is 17.9 Å². The fraction of sp³-hybridized carbons (Fsp3) is 0.278. The van der Waals surface area contributed by atoms with Gasteiger partial charge in [-0.05, 0) is 43.3 Å². The number of nitrogens with one attached hydrogen (secondary N) is 1. The molecule has 0 bridgehead atoms. The first kappa shape index (κ1) is 17.4. The number of sulfonamides is 1. The molecule has 132 valence electrons. The van der Waals surface area contributed by atoms with E-state index in [1.807, 2.05) is 6.92 Å². The highest BCUT2D eigenvalue weighted by atomic mass is 32.2. The summed E-state index contributed by atoms with van der Waals surface area (Å²) in [6, 6.07) is 14.9. The molecule has 0 saturated carbocycles. The van der Waals surface area contributed by atoms with Gasteiger partial charge in [-0.3, -0.25) is 4.79 Å². The highest BCUT2D eigenvalue weighted by molar-refractivity contribution is 7.89. The normalized spacial score (nSPS) is 17.7. The molecule has 0 spiro atoms. The Morgan fingerprint density at radius 2 is 1.80 bits per heavy atom. The number of anilines is 1. The van der Waals surface area contributed by atoms with Crippen molar-refractivity contribution in [2.75, 3.05) is 18.1 Å². The molecule has 1 aliphatic rings. The lowest BCUT2D eigenvalue weighted by Gasteiger charge is -2.18. The van der Waals surface area contributed by atoms with Gasteiger partial charge in [-0.25, -0.2) is 13.1 Å². The predicted octanol–water partition coefficient (Wildman–Crippen LogP) is 2.17. The van der Waals surface area contributed by atoms with E-state index in [1.165, 1.54) is 12.1 Å². The Balaban J connectivity index is 1.70. The first-order valence-corrected chi connectivity index (χ1v) is 9.58. The Kier molecular flexibility index (Phi) is 5.06. The third-order valence-corrected chi connectivity index (χ3v) is 5.50. The molecular formula is C18H20N2O4S. The average Bonchev–Trinajstić information content (AvgIpc) is 2.96. The van der Waals surface area contributed by atoms with Crippen molar-refractivity contribution in [3.8, 4) is 5.75 Å². The topological polar surface area (TPSA) is 75.7 Å². The first-order valence-electron chi connectivity index (χ1n) is 8.10. The second-order valence-electron chi connectivity index (χ2n) is 5.77. The first-order chi connectivity index (χ1) is 12.0. The molecule has 1 amide bonds. The van der Waals surface area contributed by atoms with Gasteiger partial charge in [0.05, 0.1) is 11.5 Å². The third-order valence-electron chi connectivity index (χ3n) is 3.96. The molecule has 1 N–H and O–H groups in total. The summed E-state index contributed by atoms with van der Waals surface area (Å²) in [7, 11) is -3.64. The van der Waals surface area contributed by atoms with Crippen LogP contribution < -0.4 is 14.4 Å². The quantitative estimate of drug-likeness (QED) is 0.857. The summed E-state index contributed by atoms with van der Waals surface area (Å²) in [6.45, 7) is 2.78. The van der Waals surface area contributed by atoms with Gasteiger partial charge in [0, 0.05) is 24.7 Å². The van der Waals surface area contributed by atoms with Gasteiger partial charge >= 0.3 is 0 Å². The van der Waals surface area contributed by atoms with E-state index in [2.05, 4.69) is 4.72 Å². The Bertz CT molecular complexity index is 835. The zero-order valence-electron chi connectivity index (χ0n) is 13.9. The summed E-state index contributed by atoms with van der Waals surface area (Å²) in [5, 5.41) is 0. The Morgan fingerprint density at radius 1 is 1.12 bits per heavy atom. The van der Waals surface area contributed by atoms with Gasteiger partial charge < -0.3 is 9.64 Å². The molecule has 1 fully saturated rings. The summed E-state index contributed by atoms with van der Waals surface area (Å²) in [5.41, 5.74) is 0.731. The maximum Gasteiger partial charge on any atom is 0.240 e. The number of benzene rings is 2. The van der Waals surface area contributed by atoms with Gasteiger partial charge in [0.25, 0.3) is 0 Å². The average molecular weight is 360 g/mol. The third kappa shape index (κ3) is 4.00. The maximum absolute atomic E-state index is 12.4. The number of hydrogen-bond donors (Lipinski definition) is 1. The Hall–Kier alpha value is -2.38. The summed E-state index contributed by atoms with van der Waals surface area (Å²) >= 11 is 0. The molecule has 2 aromatic rings. The molecule has 1 heterocycles. The van der Waals surface area contributed by atoms with Crippen LogP contribution in [0, 0.1) is 0 Å². The molecule has 1 atom stereocenters. The molecule has 3 rings (SSSR count). The van der Waals surface area contributed by atoms with Crippen molar-refractivity contribution >= 4 is 21.6 Å². The molecular weight excluding hydrogens is 340 g/mol. The van der Waals surface area contributed by atoms with Gasteiger partial charge in [-0.2, -0.15) is 0 Å². The molecule has 0 unspecified atom stereocenters. The smallest absolute Gasteiger partial charge is 0.240 e. The van der Waals surface area contributed by atoms with Crippen LogP contribution in [0.4, 0.5) is 5.69 Å². The standard InChI is InChI=1S/C18H20N2O4S/c1-2-24-16-10-8-15(9-11-16)20-13-14(12-18(20)21)19-25(22,23)17-6-4-3-5-7-17/h3-11,14,19H,2,12-13H2,1H3/t14-/m0/s1. The minimum atomic E-state index is -3.64. The fourth-order valence-corrected chi connectivity index (χ4v) is 4.06. The summed E-state index contributed by atoms with van der Waals surface area (Å²) in [4.78, 5) is 14.1. The zero-order valence-corrected chi connectivity index (χ0v) is 14.7. The van der Waals surface area contributed by atoms with Crippen LogP contribution in [0.25, 0.3) is 0 Å². The largest absolute Gasteiger partial charge is 0.494 e. The molecule has 2 aromatic carbocycles. The fourth-order valence-electron chi connectivity index (χ4n) is 2.81. The van der Waals surface area contributed by atoms with Crippen LogP contribution in [0.3, 0.4) is 0 Å².